The average molecular weight is 377 g/mol. The van der Waals surface area contributed by atoms with Crippen molar-refractivity contribution in [2.45, 2.75) is 19.9 Å². The van der Waals surface area contributed by atoms with Crippen LogP contribution in [0.15, 0.2) is 53.0 Å². The van der Waals surface area contributed by atoms with Crippen LogP contribution in [-0.2, 0) is 6.54 Å². The predicted octanol–water partition coefficient (Wildman–Crippen LogP) is 4.03. The maximum atomic E-state index is 11.7. The molecule has 2 rings (SSSR count). The van der Waals surface area contributed by atoms with Crippen molar-refractivity contribution >= 4 is 22.0 Å². The van der Waals surface area contributed by atoms with Crippen LogP contribution in [-0.4, -0.2) is 19.2 Å². The van der Waals surface area contributed by atoms with E-state index in [2.05, 4.69) is 26.6 Å². The average Bonchev–Trinajstić information content (AvgIpc) is 2.56. The lowest BCUT2D eigenvalue weighted by Gasteiger charge is -2.09. The largest absolute Gasteiger partial charge is 0.494 e. The molecule has 2 amide bonds. The predicted molar refractivity (Wildman–Crippen MR) is 95.7 cm³/mol. The molecule has 0 atom stereocenters. The number of aryl methyl sites for hydroxylation is 1. The van der Waals surface area contributed by atoms with Gasteiger partial charge in [0.1, 0.15) is 5.75 Å². The summed E-state index contributed by atoms with van der Waals surface area (Å²) in [7, 11) is 0. The van der Waals surface area contributed by atoms with Gasteiger partial charge in [-0.05, 0) is 43.2 Å². The van der Waals surface area contributed by atoms with Gasteiger partial charge in [0.25, 0.3) is 0 Å². The molecule has 0 unspecified atom stereocenters. The highest BCUT2D eigenvalue weighted by atomic mass is 79.9. The molecule has 0 aliphatic rings. The minimum atomic E-state index is -0.164. The lowest BCUT2D eigenvalue weighted by molar-refractivity contribution is 0.238. The van der Waals surface area contributed by atoms with Crippen LogP contribution < -0.4 is 15.4 Å². The van der Waals surface area contributed by atoms with Crippen LogP contribution in [0.3, 0.4) is 0 Å². The summed E-state index contributed by atoms with van der Waals surface area (Å²) in [6, 6.07) is 15.6. The summed E-state index contributed by atoms with van der Waals surface area (Å²) in [6.45, 7) is 3.72. The van der Waals surface area contributed by atoms with Crippen LogP contribution in [0.25, 0.3) is 0 Å². The summed E-state index contributed by atoms with van der Waals surface area (Å²) in [6.07, 6.45) is 0.763. The number of hydrogen-bond donors (Lipinski definition) is 2. The Bertz CT molecular complexity index is 612. The third-order valence-corrected chi connectivity index (χ3v) is 3.79. The van der Waals surface area contributed by atoms with Crippen molar-refractivity contribution in [3.8, 4) is 5.75 Å². The Morgan fingerprint density at radius 1 is 1.04 bits per heavy atom. The molecule has 23 heavy (non-hydrogen) atoms. The molecule has 122 valence electrons. The highest BCUT2D eigenvalue weighted by molar-refractivity contribution is 9.10. The summed E-state index contributed by atoms with van der Waals surface area (Å²) >= 11 is 3.38. The van der Waals surface area contributed by atoms with Gasteiger partial charge in [-0.2, -0.15) is 0 Å². The Balaban J connectivity index is 1.56. The van der Waals surface area contributed by atoms with Crippen molar-refractivity contribution in [3.05, 3.63) is 64.1 Å². The zero-order valence-corrected chi connectivity index (χ0v) is 14.7. The maximum Gasteiger partial charge on any atom is 0.315 e. The lowest BCUT2D eigenvalue weighted by atomic mass is 10.2. The van der Waals surface area contributed by atoms with E-state index in [4.69, 9.17) is 4.74 Å². The SMILES string of the molecule is Cc1ccc(OCCCNC(=O)NCc2ccc(Br)cc2)cc1. The van der Waals surface area contributed by atoms with Crippen LogP contribution >= 0.6 is 15.9 Å². The molecule has 0 aliphatic carbocycles. The second-order valence-corrected chi connectivity index (χ2v) is 6.17. The van der Waals surface area contributed by atoms with Gasteiger partial charge in [0, 0.05) is 17.6 Å². The van der Waals surface area contributed by atoms with E-state index in [0.717, 1.165) is 22.2 Å². The van der Waals surface area contributed by atoms with E-state index in [1.165, 1.54) is 5.56 Å². The summed E-state index contributed by atoms with van der Waals surface area (Å²) in [5.41, 5.74) is 2.27. The maximum absolute atomic E-state index is 11.7. The summed E-state index contributed by atoms with van der Waals surface area (Å²) in [5.74, 6) is 0.857. The van der Waals surface area contributed by atoms with E-state index in [0.29, 0.717) is 19.7 Å². The number of hydrogen-bond acceptors (Lipinski definition) is 2. The molecule has 0 aliphatic heterocycles. The van der Waals surface area contributed by atoms with Gasteiger partial charge in [-0.3, -0.25) is 0 Å². The minimum Gasteiger partial charge on any atom is -0.494 e. The van der Waals surface area contributed by atoms with E-state index < -0.39 is 0 Å². The van der Waals surface area contributed by atoms with E-state index in [-0.39, 0.29) is 6.03 Å². The van der Waals surface area contributed by atoms with Gasteiger partial charge >= 0.3 is 6.03 Å². The number of carbonyl (C=O) groups excluding carboxylic acids is 1. The normalized spacial score (nSPS) is 10.2. The second-order valence-electron chi connectivity index (χ2n) is 5.25. The van der Waals surface area contributed by atoms with Gasteiger partial charge in [-0.1, -0.05) is 45.8 Å². The highest BCUT2D eigenvalue weighted by Crippen LogP contribution is 2.11. The monoisotopic (exact) mass is 376 g/mol. The molecule has 4 nitrogen and oxygen atoms in total. The molecule has 5 heteroatoms. The Hall–Kier alpha value is -2.01. The minimum absolute atomic E-state index is 0.164. The number of amides is 2. The Labute approximate surface area is 145 Å². The first-order valence-electron chi connectivity index (χ1n) is 7.59. The van der Waals surface area contributed by atoms with E-state index >= 15 is 0 Å². The summed E-state index contributed by atoms with van der Waals surface area (Å²) < 4.78 is 6.63. The second kappa shape index (κ2) is 9.20. The van der Waals surface area contributed by atoms with Crippen molar-refractivity contribution < 1.29 is 9.53 Å². The quantitative estimate of drug-likeness (QED) is 0.716. The molecule has 2 aromatic rings. The molecular weight excluding hydrogens is 356 g/mol. The molecule has 0 fully saturated rings. The summed E-state index contributed by atoms with van der Waals surface area (Å²) in [5, 5.41) is 5.65. The third-order valence-electron chi connectivity index (χ3n) is 3.26. The first-order valence-corrected chi connectivity index (χ1v) is 8.38. The van der Waals surface area contributed by atoms with Crippen molar-refractivity contribution in [1.82, 2.24) is 10.6 Å². The van der Waals surface area contributed by atoms with Crippen LogP contribution in [0.1, 0.15) is 17.5 Å². The molecule has 2 N–H and O–H groups in total. The Morgan fingerprint density at radius 3 is 2.43 bits per heavy atom. The standard InChI is InChI=1S/C18H21BrN2O2/c1-14-3-9-17(10-4-14)23-12-2-11-20-18(22)21-13-15-5-7-16(19)8-6-15/h3-10H,2,11-13H2,1H3,(H2,20,21,22). The van der Waals surface area contributed by atoms with Crippen molar-refractivity contribution in [3.63, 3.8) is 0 Å². The fraction of sp³-hybridized carbons (Fsp3) is 0.278. The van der Waals surface area contributed by atoms with Crippen LogP contribution in [0.4, 0.5) is 4.79 Å². The van der Waals surface area contributed by atoms with E-state index in [1.54, 1.807) is 0 Å². The molecule has 0 spiro atoms. The van der Waals surface area contributed by atoms with Gasteiger partial charge in [0.15, 0.2) is 0 Å². The fourth-order valence-electron chi connectivity index (χ4n) is 1.95. The molecule has 0 radical (unpaired) electrons. The smallest absolute Gasteiger partial charge is 0.315 e. The highest BCUT2D eigenvalue weighted by Gasteiger charge is 2.00. The van der Waals surface area contributed by atoms with Crippen molar-refractivity contribution in [2.24, 2.45) is 0 Å². The van der Waals surface area contributed by atoms with E-state index in [9.17, 15) is 4.79 Å². The van der Waals surface area contributed by atoms with Crippen molar-refractivity contribution in [1.29, 1.82) is 0 Å². The number of rotatable bonds is 7. The Kier molecular flexibility index (Phi) is 6.94. The molecule has 0 aromatic heterocycles. The number of benzene rings is 2. The third kappa shape index (κ3) is 6.74. The zero-order chi connectivity index (χ0) is 16.5. The number of ether oxygens (including phenoxy) is 1. The van der Waals surface area contributed by atoms with Gasteiger partial charge in [-0.15, -0.1) is 0 Å². The number of urea groups is 1. The summed E-state index contributed by atoms with van der Waals surface area (Å²) in [4.78, 5) is 11.7. The lowest BCUT2D eigenvalue weighted by Crippen LogP contribution is -2.35. The number of carbonyl (C=O) groups is 1. The first kappa shape index (κ1) is 17.3. The van der Waals surface area contributed by atoms with Gasteiger partial charge in [-0.25, -0.2) is 4.79 Å². The zero-order valence-electron chi connectivity index (χ0n) is 13.1. The molecule has 0 bridgehead atoms. The van der Waals surface area contributed by atoms with Gasteiger partial charge in [0.2, 0.25) is 0 Å². The van der Waals surface area contributed by atoms with Crippen LogP contribution in [0.5, 0.6) is 5.75 Å². The van der Waals surface area contributed by atoms with Crippen LogP contribution in [0, 0.1) is 6.92 Å². The molecule has 0 heterocycles. The van der Waals surface area contributed by atoms with Crippen LogP contribution in [0.2, 0.25) is 0 Å². The molecule has 2 aromatic carbocycles. The fourth-order valence-corrected chi connectivity index (χ4v) is 2.21. The van der Waals surface area contributed by atoms with Crippen molar-refractivity contribution in [2.75, 3.05) is 13.2 Å². The molecule has 0 saturated heterocycles. The van der Waals surface area contributed by atoms with Gasteiger partial charge < -0.3 is 15.4 Å². The molecule has 0 saturated carbocycles. The Morgan fingerprint density at radius 2 is 1.74 bits per heavy atom. The van der Waals surface area contributed by atoms with E-state index in [1.807, 2.05) is 55.5 Å². The molecular formula is C18H21BrN2O2. The number of halogens is 1. The first-order chi connectivity index (χ1) is 11.1. The topological polar surface area (TPSA) is 50.4 Å². The van der Waals surface area contributed by atoms with Gasteiger partial charge in [0.05, 0.1) is 6.61 Å². The number of nitrogens with one attached hydrogen (secondary N) is 2.